The predicted octanol–water partition coefficient (Wildman–Crippen LogP) is 3.58. The van der Waals surface area contributed by atoms with Crippen molar-refractivity contribution in [3.05, 3.63) is 29.3 Å². The molecule has 0 aliphatic heterocycles. The van der Waals surface area contributed by atoms with Crippen LogP contribution in [0.25, 0.3) is 0 Å². The van der Waals surface area contributed by atoms with Crippen molar-refractivity contribution in [1.29, 1.82) is 0 Å². The van der Waals surface area contributed by atoms with Crippen molar-refractivity contribution in [2.75, 3.05) is 0 Å². The Kier molecular flexibility index (Phi) is 4.81. The summed E-state index contributed by atoms with van der Waals surface area (Å²) in [5.41, 5.74) is 8.18. The molecule has 0 bridgehead atoms. The summed E-state index contributed by atoms with van der Waals surface area (Å²) >= 11 is 0. The molecule has 0 aromatic heterocycles. The molecule has 0 aliphatic rings. The summed E-state index contributed by atoms with van der Waals surface area (Å²) in [6.07, 6.45) is 2.41. The first-order valence-electron chi connectivity index (χ1n) is 6.11. The normalized spacial score (nSPS) is 12.9. The van der Waals surface area contributed by atoms with Crippen LogP contribution in [0.5, 0.6) is 5.75 Å². The molecule has 0 saturated heterocycles. The first kappa shape index (κ1) is 13.0. The van der Waals surface area contributed by atoms with E-state index in [1.54, 1.807) is 0 Å². The molecule has 0 fully saturated rings. The molecule has 2 nitrogen and oxygen atoms in total. The molecule has 0 radical (unpaired) electrons. The van der Waals surface area contributed by atoms with E-state index in [9.17, 15) is 0 Å². The zero-order chi connectivity index (χ0) is 12.1. The highest BCUT2D eigenvalue weighted by Gasteiger charge is 2.08. The van der Waals surface area contributed by atoms with Crippen molar-refractivity contribution in [3.8, 4) is 5.75 Å². The van der Waals surface area contributed by atoms with Crippen LogP contribution in [0.1, 0.15) is 50.8 Å². The summed E-state index contributed by atoms with van der Waals surface area (Å²) in [7, 11) is 0. The van der Waals surface area contributed by atoms with Crippen molar-refractivity contribution in [1.82, 2.24) is 0 Å². The summed E-state index contributed by atoms with van der Waals surface area (Å²) in [5.74, 6) is 0.984. The minimum absolute atomic E-state index is 0.0842. The maximum atomic E-state index is 5.94. The summed E-state index contributed by atoms with van der Waals surface area (Å²) in [5, 5.41) is 0. The van der Waals surface area contributed by atoms with E-state index < -0.39 is 0 Å². The van der Waals surface area contributed by atoms with Crippen molar-refractivity contribution in [3.63, 3.8) is 0 Å². The summed E-state index contributed by atoms with van der Waals surface area (Å²) < 4.78 is 5.94. The highest BCUT2D eigenvalue weighted by atomic mass is 16.5. The maximum Gasteiger partial charge on any atom is 0.122 e. The van der Waals surface area contributed by atoms with E-state index in [-0.39, 0.29) is 6.04 Å². The SMILES string of the molecule is CCC(CC)Oc1ccc([C@@H](C)N)cc1C. The van der Waals surface area contributed by atoms with E-state index in [2.05, 4.69) is 32.9 Å². The monoisotopic (exact) mass is 221 g/mol. The molecule has 0 saturated carbocycles. The van der Waals surface area contributed by atoms with Crippen LogP contribution in [-0.4, -0.2) is 6.10 Å². The third kappa shape index (κ3) is 3.24. The van der Waals surface area contributed by atoms with Crippen LogP contribution in [0.3, 0.4) is 0 Å². The molecule has 0 heterocycles. The third-order valence-corrected chi connectivity index (χ3v) is 2.93. The Morgan fingerprint density at radius 3 is 2.31 bits per heavy atom. The highest BCUT2D eigenvalue weighted by Crippen LogP contribution is 2.23. The van der Waals surface area contributed by atoms with Gasteiger partial charge in [-0.1, -0.05) is 26.0 Å². The van der Waals surface area contributed by atoms with Gasteiger partial charge in [-0.05, 0) is 43.9 Å². The fourth-order valence-electron chi connectivity index (χ4n) is 1.72. The smallest absolute Gasteiger partial charge is 0.122 e. The van der Waals surface area contributed by atoms with Gasteiger partial charge < -0.3 is 10.5 Å². The first-order chi connectivity index (χ1) is 7.58. The lowest BCUT2D eigenvalue weighted by molar-refractivity contribution is 0.191. The standard InChI is InChI=1S/C14H23NO/c1-5-13(6-2)16-14-8-7-12(11(4)15)9-10(14)3/h7-9,11,13H,5-6,15H2,1-4H3/t11-/m1/s1. The van der Waals surface area contributed by atoms with Gasteiger partial charge in [0.1, 0.15) is 5.75 Å². The van der Waals surface area contributed by atoms with Crippen LogP contribution < -0.4 is 10.5 Å². The molecule has 1 aromatic rings. The third-order valence-electron chi connectivity index (χ3n) is 2.93. The van der Waals surface area contributed by atoms with E-state index in [4.69, 9.17) is 10.5 Å². The van der Waals surface area contributed by atoms with Gasteiger partial charge in [0.25, 0.3) is 0 Å². The van der Waals surface area contributed by atoms with Crippen molar-refractivity contribution >= 4 is 0 Å². The molecule has 16 heavy (non-hydrogen) atoms. The summed E-state index contributed by atoms with van der Waals surface area (Å²) in [4.78, 5) is 0. The number of rotatable bonds is 5. The Balaban J connectivity index is 2.82. The second-order valence-electron chi connectivity index (χ2n) is 4.37. The molecular formula is C14H23NO. The summed E-state index contributed by atoms with van der Waals surface area (Å²) in [6, 6.07) is 6.28. The van der Waals surface area contributed by atoms with Crippen LogP contribution in [-0.2, 0) is 0 Å². The van der Waals surface area contributed by atoms with Gasteiger partial charge in [0.05, 0.1) is 6.10 Å². The van der Waals surface area contributed by atoms with Crippen LogP contribution in [0.15, 0.2) is 18.2 Å². The maximum absolute atomic E-state index is 5.94. The number of nitrogens with two attached hydrogens (primary N) is 1. The van der Waals surface area contributed by atoms with E-state index in [1.807, 2.05) is 13.0 Å². The molecule has 0 amide bonds. The molecule has 1 rings (SSSR count). The second kappa shape index (κ2) is 5.90. The van der Waals surface area contributed by atoms with Crippen LogP contribution in [0.4, 0.5) is 0 Å². The van der Waals surface area contributed by atoms with Gasteiger partial charge in [-0.15, -0.1) is 0 Å². The lowest BCUT2D eigenvalue weighted by Gasteiger charge is -2.18. The van der Waals surface area contributed by atoms with E-state index in [1.165, 1.54) is 5.56 Å². The average Bonchev–Trinajstić information content (AvgIpc) is 2.27. The van der Waals surface area contributed by atoms with Crippen molar-refractivity contribution in [2.45, 2.75) is 52.7 Å². The largest absolute Gasteiger partial charge is 0.490 e. The molecular weight excluding hydrogens is 198 g/mol. The van der Waals surface area contributed by atoms with Crippen molar-refractivity contribution in [2.24, 2.45) is 5.73 Å². The fourth-order valence-corrected chi connectivity index (χ4v) is 1.72. The van der Waals surface area contributed by atoms with Crippen molar-refractivity contribution < 1.29 is 4.74 Å². The Labute approximate surface area is 98.8 Å². The van der Waals surface area contributed by atoms with Gasteiger partial charge in [-0.2, -0.15) is 0 Å². The van der Waals surface area contributed by atoms with E-state index in [0.29, 0.717) is 6.10 Å². The quantitative estimate of drug-likeness (QED) is 0.824. The number of hydrogen-bond donors (Lipinski definition) is 1. The molecule has 0 unspecified atom stereocenters. The Hall–Kier alpha value is -1.02. The van der Waals surface area contributed by atoms with Gasteiger partial charge in [-0.25, -0.2) is 0 Å². The number of aryl methyl sites for hydroxylation is 1. The Morgan fingerprint density at radius 1 is 1.25 bits per heavy atom. The molecule has 1 aromatic carbocycles. The van der Waals surface area contributed by atoms with Gasteiger partial charge in [0, 0.05) is 6.04 Å². The van der Waals surface area contributed by atoms with Crippen LogP contribution >= 0.6 is 0 Å². The molecule has 2 heteroatoms. The molecule has 0 aliphatic carbocycles. The second-order valence-corrected chi connectivity index (χ2v) is 4.37. The highest BCUT2D eigenvalue weighted by molar-refractivity contribution is 5.37. The average molecular weight is 221 g/mol. The zero-order valence-electron chi connectivity index (χ0n) is 10.8. The summed E-state index contributed by atoms with van der Waals surface area (Å²) in [6.45, 7) is 8.37. The van der Waals surface area contributed by atoms with Gasteiger partial charge >= 0.3 is 0 Å². The lowest BCUT2D eigenvalue weighted by Crippen LogP contribution is -2.14. The van der Waals surface area contributed by atoms with E-state index >= 15 is 0 Å². The molecule has 0 spiro atoms. The van der Waals surface area contributed by atoms with Crippen LogP contribution in [0, 0.1) is 6.92 Å². The van der Waals surface area contributed by atoms with Crippen LogP contribution in [0.2, 0.25) is 0 Å². The molecule has 2 N–H and O–H groups in total. The predicted molar refractivity (Wildman–Crippen MR) is 68.8 cm³/mol. The topological polar surface area (TPSA) is 35.2 Å². The minimum Gasteiger partial charge on any atom is -0.490 e. The number of benzene rings is 1. The van der Waals surface area contributed by atoms with Gasteiger partial charge in [0.2, 0.25) is 0 Å². The van der Waals surface area contributed by atoms with Gasteiger partial charge in [-0.3, -0.25) is 0 Å². The zero-order valence-corrected chi connectivity index (χ0v) is 10.8. The first-order valence-corrected chi connectivity index (χ1v) is 6.11. The minimum atomic E-state index is 0.0842. The molecule has 90 valence electrons. The fraction of sp³-hybridized carbons (Fsp3) is 0.571. The molecule has 1 atom stereocenters. The van der Waals surface area contributed by atoms with Gasteiger partial charge in [0.15, 0.2) is 0 Å². The number of hydrogen-bond acceptors (Lipinski definition) is 2. The Morgan fingerprint density at radius 2 is 1.88 bits per heavy atom. The lowest BCUT2D eigenvalue weighted by atomic mass is 10.1. The number of ether oxygens (including phenoxy) is 1. The Bertz CT molecular complexity index is 330. The van der Waals surface area contributed by atoms with E-state index in [0.717, 1.165) is 24.2 Å².